The standard InChI is InChI=1S/C18H26N4O4S/c1-25-11-5-10-22-13-19-21-18(22)12-20-27(23,24)17-9-8-16(26-2)14-6-3-4-7-15(14)17/h8-9,13,20H,3-7,10-12H2,1-2H3. The van der Waals surface area contributed by atoms with E-state index in [2.05, 4.69) is 14.9 Å². The third-order valence-electron chi connectivity index (χ3n) is 4.82. The van der Waals surface area contributed by atoms with Gasteiger partial charge in [-0.05, 0) is 55.4 Å². The zero-order valence-corrected chi connectivity index (χ0v) is 16.6. The minimum Gasteiger partial charge on any atom is -0.496 e. The molecule has 0 spiro atoms. The average molecular weight is 394 g/mol. The van der Waals surface area contributed by atoms with Gasteiger partial charge in [0.1, 0.15) is 17.9 Å². The van der Waals surface area contributed by atoms with E-state index in [4.69, 9.17) is 9.47 Å². The van der Waals surface area contributed by atoms with Crippen molar-refractivity contribution in [3.63, 3.8) is 0 Å². The van der Waals surface area contributed by atoms with E-state index in [1.807, 2.05) is 4.57 Å². The fourth-order valence-corrected chi connectivity index (χ4v) is 4.74. The van der Waals surface area contributed by atoms with Crippen molar-refractivity contribution in [2.45, 2.75) is 50.1 Å². The van der Waals surface area contributed by atoms with Gasteiger partial charge < -0.3 is 14.0 Å². The van der Waals surface area contributed by atoms with E-state index in [9.17, 15) is 8.42 Å². The summed E-state index contributed by atoms with van der Waals surface area (Å²) in [5.41, 5.74) is 1.88. The zero-order chi connectivity index (χ0) is 19.3. The maximum atomic E-state index is 12.9. The number of hydrogen-bond acceptors (Lipinski definition) is 6. The molecule has 148 valence electrons. The molecule has 0 fully saturated rings. The Morgan fingerprint density at radius 1 is 1.19 bits per heavy atom. The fraction of sp³-hybridized carbons (Fsp3) is 0.556. The zero-order valence-electron chi connectivity index (χ0n) is 15.8. The Balaban J connectivity index is 1.78. The Hall–Kier alpha value is -1.97. The van der Waals surface area contributed by atoms with E-state index in [1.54, 1.807) is 32.7 Å². The highest BCUT2D eigenvalue weighted by Crippen LogP contribution is 2.34. The van der Waals surface area contributed by atoms with Crippen molar-refractivity contribution >= 4 is 10.0 Å². The van der Waals surface area contributed by atoms with E-state index in [0.29, 0.717) is 23.9 Å². The van der Waals surface area contributed by atoms with Crippen LogP contribution in [0.15, 0.2) is 23.4 Å². The van der Waals surface area contributed by atoms with Crippen molar-refractivity contribution in [2.24, 2.45) is 0 Å². The lowest BCUT2D eigenvalue weighted by atomic mass is 9.91. The highest BCUT2D eigenvalue weighted by Gasteiger charge is 2.25. The molecule has 8 nitrogen and oxygen atoms in total. The SMILES string of the molecule is COCCCn1cnnc1CNS(=O)(=O)c1ccc(OC)c2c1CCCC2. The van der Waals surface area contributed by atoms with Crippen molar-refractivity contribution in [3.8, 4) is 5.75 Å². The molecule has 1 aromatic carbocycles. The van der Waals surface area contributed by atoms with Gasteiger partial charge in [-0.3, -0.25) is 0 Å². The number of nitrogens with zero attached hydrogens (tertiary/aromatic N) is 3. The van der Waals surface area contributed by atoms with Crippen LogP contribution in [0.3, 0.4) is 0 Å². The summed E-state index contributed by atoms with van der Waals surface area (Å²) >= 11 is 0. The van der Waals surface area contributed by atoms with E-state index in [-0.39, 0.29) is 6.54 Å². The first kappa shape index (κ1) is 19.8. The Kier molecular flexibility index (Phi) is 6.46. The van der Waals surface area contributed by atoms with Crippen molar-refractivity contribution in [1.29, 1.82) is 0 Å². The van der Waals surface area contributed by atoms with Crippen LogP contribution < -0.4 is 9.46 Å². The van der Waals surface area contributed by atoms with Crippen LogP contribution in [0.4, 0.5) is 0 Å². The van der Waals surface area contributed by atoms with Crippen LogP contribution in [0.25, 0.3) is 0 Å². The Labute approximate surface area is 159 Å². The maximum absolute atomic E-state index is 12.9. The average Bonchev–Trinajstić information content (AvgIpc) is 3.13. The van der Waals surface area contributed by atoms with Crippen molar-refractivity contribution in [2.75, 3.05) is 20.8 Å². The number of nitrogens with one attached hydrogen (secondary N) is 1. The predicted molar refractivity (Wildman–Crippen MR) is 100 cm³/mol. The summed E-state index contributed by atoms with van der Waals surface area (Å²) in [5.74, 6) is 1.35. The van der Waals surface area contributed by atoms with Crippen molar-refractivity contribution in [3.05, 3.63) is 35.4 Å². The molecule has 0 radical (unpaired) electrons. The van der Waals surface area contributed by atoms with Crippen LogP contribution in [-0.2, 0) is 40.7 Å². The van der Waals surface area contributed by atoms with Gasteiger partial charge in [0.05, 0.1) is 18.6 Å². The van der Waals surface area contributed by atoms with Crippen LogP contribution in [0.1, 0.15) is 36.2 Å². The lowest BCUT2D eigenvalue weighted by Gasteiger charge is -2.22. The molecular formula is C18H26N4O4S. The van der Waals surface area contributed by atoms with Gasteiger partial charge in [0.25, 0.3) is 0 Å². The first-order valence-electron chi connectivity index (χ1n) is 9.11. The quantitative estimate of drug-likeness (QED) is 0.650. The molecule has 0 saturated carbocycles. The number of methoxy groups -OCH3 is 2. The third-order valence-corrected chi connectivity index (χ3v) is 6.31. The first-order valence-corrected chi connectivity index (χ1v) is 10.6. The number of ether oxygens (including phenoxy) is 2. The number of rotatable bonds is 9. The molecule has 1 heterocycles. The summed E-state index contributed by atoms with van der Waals surface area (Å²) < 4.78 is 40.9. The number of aromatic nitrogens is 3. The van der Waals surface area contributed by atoms with Crippen LogP contribution in [0, 0.1) is 0 Å². The molecule has 1 aliphatic carbocycles. The van der Waals surface area contributed by atoms with Crippen LogP contribution in [-0.4, -0.2) is 44.0 Å². The van der Waals surface area contributed by atoms with Crippen molar-refractivity contribution < 1.29 is 17.9 Å². The number of aryl methyl sites for hydroxylation is 1. The summed E-state index contributed by atoms with van der Waals surface area (Å²) in [6, 6.07) is 3.38. The number of hydrogen-bond donors (Lipinski definition) is 1. The van der Waals surface area contributed by atoms with Crippen LogP contribution >= 0.6 is 0 Å². The van der Waals surface area contributed by atoms with Gasteiger partial charge in [0.15, 0.2) is 0 Å². The number of benzene rings is 1. The van der Waals surface area contributed by atoms with Gasteiger partial charge in [0, 0.05) is 20.3 Å². The minimum atomic E-state index is -3.66. The molecule has 0 aliphatic heterocycles. The van der Waals surface area contributed by atoms with Gasteiger partial charge >= 0.3 is 0 Å². The monoisotopic (exact) mass is 394 g/mol. The molecule has 2 aromatic rings. The summed E-state index contributed by atoms with van der Waals surface area (Å²) in [4.78, 5) is 0.337. The molecule has 1 aromatic heterocycles. The van der Waals surface area contributed by atoms with Gasteiger partial charge in [-0.25, -0.2) is 13.1 Å². The fourth-order valence-electron chi connectivity index (χ4n) is 3.46. The lowest BCUT2D eigenvalue weighted by molar-refractivity contribution is 0.190. The highest BCUT2D eigenvalue weighted by atomic mass is 32.2. The molecule has 1 aliphatic rings. The van der Waals surface area contributed by atoms with Crippen LogP contribution in [0.5, 0.6) is 5.75 Å². The molecular weight excluding hydrogens is 368 g/mol. The Morgan fingerprint density at radius 2 is 1.96 bits per heavy atom. The highest BCUT2D eigenvalue weighted by molar-refractivity contribution is 7.89. The van der Waals surface area contributed by atoms with E-state index < -0.39 is 10.0 Å². The van der Waals surface area contributed by atoms with Gasteiger partial charge in [-0.2, -0.15) is 0 Å². The number of sulfonamides is 1. The molecule has 0 bridgehead atoms. The molecule has 0 atom stereocenters. The molecule has 9 heteroatoms. The largest absolute Gasteiger partial charge is 0.496 e. The Morgan fingerprint density at radius 3 is 2.70 bits per heavy atom. The van der Waals surface area contributed by atoms with Gasteiger partial charge in [-0.1, -0.05) is 0 Å². The van der Waals surface area contributed by atoms with E-state index >= 15 is 0 Å². The minimum absolute atomic E-state index is 0.0934. The maximum Gasteiger partial charge on any atom is 0.241 e. The molecule has 3 rings (SSSR count). The smallest absolute Gasteiger partial charge is 0.241 e. The Bertz CT molecular complexity index is 879. The lowest BCUT2D eigenvalue weighted by Crippen LogP contribution is -2.27. The second kappa shape index (κ2) is 8.81. The topological polar surface area (TPSA) is 95.3 Å². The van der Waals surface area contributed by atoms with Crippen LogP contribution in [0.2, 0.25) is 0 Å². The van der Waals surface area contributed by atoms with Gasteiger partial charge in [-0.15, -0.1) is 10.2 Å². The van der Waals surface area contributed by atoms with E-state index in [1.165, 1.54) is 0 Å². The summed E-state index contributed by atoms with van der Waals surface area (Å²) in [6.07, 6.45) is 6.03. The van der Waals surface area contributed by atoms with Crippen molar-refractivity contribution in [1.82, 2.24) is 19.5 Å². The molecule has 1 N–H and O–H groups in total. The molecule has 27 heavy (non-hydrogen) atoms. The number of fused-ring (bicyclic) bond motifs is 1. The first-order chi connectivity index (χ1) is 13.1. The van der Waals surface area contributed by atoms with Gasteiger partial charge in [0.2, 0.25) is 10.0 Å². The third kappa shape index (κ3) is 4.48. The summed E-state index contributed by atoms with van der Waals surface area (Å²) in [6.45, 7) is 1.40. The summed E-state index contributed by atoms with van der Waals surface area (Å²) in [7, 11) is -0.388. The van der Waals surface area contributed by atoms with E-state index in [0.717, 1.165) is 49.0 Å². The predicted octanol–water partition coefficient (Wildman–Crippen LogP) is 1.68. The summed E-state index contributed by atoms with van der Waals surface area (Å²) in [5, 5.41) is 7.92. The second-order valence-corrected chi connectivity index (χ2v) is 8.28. The normalized spacial score (nSPS) is 14.1. The molecule has 0 unspecified atom stereocenters. The molecule has 0 amide bonds. The molecule has 0 saturated heterocycles. The second-order valence-electron chi connectivity index (χ2n) is 6.54.